The molecule has 4 nitrogen and oxygen atoms in total. The molecule has 0 rings (SSSR count). The minimum absolute atomic E-state index is 0.189. The fraction of sp³-hybridized carbons (Fsp3) is 1.00. The van der Waals surface area contributed by atoms with Crippen molar-refractivity contribution in [3.05, 3.63) is 0 Å². The lowest BCUT2D eigenvalue weighted by atomic mass is 10.3. The van der Waals surface area contributed by atoms with Crippen molar-refractivity contribution >= 4 is 0 Å². The van der Waals surface area contributed by atoms with Crippen LogP contribution in [0.5, 0.6) is 0 Å². The predicted molar refractivity (Wildman–Crippen MR) is 63.1 cm³/mol. The Hall–Kier alpha value is -0.160. The second kappa shape index (κ2) is 9.09. The molecule has 4 heteroatoms. The van der Waals surface area contributed by atoms with Crippen LogP contribution >= 0.6 is 0 Å². The molecule has 0 saturated carbocycles. The summed E-state index contributed by atoms with van der Waals surface area (Å²) in [5.74, 6) is 0. The summed E-state index contributed by atoms with van der Waals surface area (Å²) in [6, 6.07) is 0. The van der Waals surface area contributed by atoms with E-state index in [0.717, 1.165) is 19.5 Å². The Kier molecular flexibility index (Phi) is 9.00. The number of nitrogens with zero attached hydrogens (tertiary/aromatic N) is 1. The van der Waals surface area contributed by atoms with Crippen molar-refractivity contribution in [2.24, 2.45) is 0 Å². The van der Waals surface area contributed by atoms with Gasteiger partial charge in [0.25, 0.3) is 0 Å². The van der Waals surface area contributed by atoms with Crippen LogP contribution in [0.1, 0.15) is 20.3 Å². The van der Waals surface area contributed by atoms with Crippen LogP contribution in [0.3, 0.4) is 0 Å². The first-order valence-electron chi connectivity index (χ1n) is 5.69. The number of nitrogens with one attached hydrogen (secondary N) is 1. The maximum Gasteiger partial charge on any atom is 0.0900 e. The molecular formula is C11H26N2O2. The van der Waals surface area contributed by atoms with Crippen molar-refractivity contribution in [2.75, 3.05) is 40.3 Å². The molecule has 0 amide bonds. The topological polar surface area (TPSA) is 44.7 Å². The first kappa shape index (κ1) is 14.8. The summed E-state index contributed by atoms with van der Waals surface area (Å²) in [5.41, 5.74) is 0. The van der Waals surface area contributed by atoms with Gasteiger partial charge in [0, 0.05) is 6.54 Å². The van der Waals surface area contributed by atoms with E-state index < -0.39 is 0 Å². The lowest BCUT2D eigenvalue weighted by molar-refractivity contribution is -0.00559. The van der Waals surface area contributed by atoms with E-state index in [1.54, 1.807) is 0 Å². The molecule has 0 fully saturated rings. The fourth-order valence-corrected chi connectivity index (χ4v) is 1.33. The van der Waals surface area contributed by atoms with Gasteiger partial charge in [0.15, 0.2) is 0 Å². The third kappa shape index (κ3) is 10.1. The van der Waals surface area contributed by atoms with Gasteiger partial charge in [-0.3, -0.25) is 0 Å². The van der Waals surface area contributed by atoms with Crippen molar-refractivity contribution in [3.8, 4) is 0 Å². The summed E-state index contributed by atoms with van der Waals surface area (Å²) in [7, 11) is 3.97. The molecule has 0 spiro atoms. The van der Waals surface area contributed by atoms with Gasteiger partial charge in [0.05, 0.1) is 18.8 Å². The van der Waals surface area contributed by atoms with Gasteiger partial charge < -0.3 is 20.1 Å². The third-order valence-electron chi connectivity index (χ3n) is 2.11. The average Bonchev–Trinajstić information content (AvgIpc) is 2.15. The highest BCUT2D eigenvalue weighted by atomic mass is 16.5. The van der Waals surface area contributed by atoms with Crippen LogP contribution in [0.4, 0.5) is 0 Å². The molecule has 0 aromatic carbocycles. The average molecular weight is 218 g/mol. The quantitative estimate of drug-likeness (QED) is 0.547. The van der Waals surface area contributed by atoms with E-state index >= 15 is 0 Å². The number of rotatable bonds is 9. The highest BCUT2D eigenvalue weighted by molar-refractivity contribution is 4.61. The molecule has 0 heterocycles. The smallest absolute Gasteiger partial charge is 0.0900 e. The number of aliphatic hydroxyl groups excluding tert-OH is 1. The molecule has 1 atom stereocenters. The van der Waals surface area contributed by atoms with Crippen LogP contribution in [-0.2, 0) is 4.74 Å². The largest absolute Gasteiger partial charge is 0.389 e. The maximum atomic E-state index is 9.64. The molecule has 0 radical (unpaired) electrons. The van der Waals surface area contributed by atoms with Gasteiger partial charge in [0.1, 0.15) is 0 Å². The third-order valence-corrected chi connectivity index (χ3v) is 2.11. The van der Waals surface area contributed by atoms with Gasteiger partial charge in [-0.05, 0) is 47.5 Å². The van der Waals surface area contributed by atoms with E-state index in [4.69, 9.17) is 4.74 Å². The van der Waals surface area contributed by atoms with Crippen LogP contribution in [-0.4, -0.2) is 62.6 Å². The summed E-state index contributed by atoms with van der Waals surface area (Å²) in [5, 5.41) is 12.7. The summed E-state index contributed by atoms with van der Waals surface area (Å²) >= 11 is 0. The molecule has 0 aromatic rings. The second-order valence-electron chi connectivity index (χ2n) is 4.26. The van der Waals surface area contributed by atoms with Gasteiger partial charge in [-0.15, -0.1) is 0 Å². The molecule has 1 unspecified atom stereocenters. The van der Waals surface area contributed by atoms with E-state index in [-0.39, 0.29) is 12.2 Å². The molecule has 15 heavy (non-hydrogen) atoms. The van der Waals surface area contributed by atoms with Gasteiger partial charge in [-0.1, -0.05) is 0 Å². The minimum atomic E-state index is -0.382. The number of aliphatic hydroxyl groups is 1. The molecule has 0 saturated heterocycles. The van der Waals surface area contributed by atoms with Crippen molar-refractivity contribution in [1.82, 2.24) is 10.2 Å². The first-order chi connectivity index (χ1) is 7.06. The molecule has 0 aliphatic heterocycles. The van der Waals surface area contributed by atoms with Crippen molar-refractivity contribution in [2.45, 2.75) is 32.5 Å². The van der Waals surface area contributed by atoms with Crippen LogP contribution in [0.2, 0.25) is 0 Å². The van der Waals surface area contributed by atoms with Crippen molar-refractivity contribution in [1.29, 1.82) is 0 Å². The monoisotopic (exact) mass is 218 g/mol. The highest BCUT2D eigenvalue weighted by Crippen LogP contribution is 1.95. The molecule has 0 aromatic heterocycles. The number of likely N-dealkylation sites (N-methyl/N-ethyl adjacent to an activating group) is 1. The highest BCUT2D eigenvalue weighted by Gasteiger charge is 2.08. The number of ether oxygens (including phenoxy) is 1. The number of hydrogen-bond acceptors (Lipinski definition) is 4. The Morgan fingerprint density at radius 2 is 2.07 bits per heavy atom. The standard InChI is InChI=1S/C11H26N2O2/c1-10(2)15-9-11(14)8-13(4)7-5-6-12-3/h10-12,14H,5-9H2,1-4H3. The Balaban J connectivity index is 3.44. The molecule has 0 aliphatic rings. The second-order valence-corrected chi connectivity index (χ2v) is 4.26. The molecule has 92 valence electrons. The Morgan fingerprint density at radius 3 is 2.60 bits per heavy atom. The summed E-state index contributed by atoms with van der Waals surface area (Å²) in [6.07, 6.45) is 0.909. The van der Waals surface area contributed by atoms with E-state index in [0.29, 0.717) is 13.2 Å². The lowest BCUT2D eigenvalue weighted by Crippen LogP contribution is -2.34. The maximum absolute atomic E-state index is 9.64. The Morgan fingerprint density at radius 1 is 1.40 bits per heavy atom. The van der Waals surface area contributed by atoms with Crippen molar-refractivity contribution in [3.63, 3.8) is 0 Å². The zero-order valence-corrected chi connectivity index (χ0v) is 10.5. The molecule has 0 aliphatic carbocycles. The SMILES string of the molecule is CNCCCN(C)CC(O)COC(C)C. The Bertz CT molecular complexity index is 143. The van der Waals surface area contributed by atoms with Gasteiger partial charge in [0.2, 0.25) is 0 Å². The lowest BCUT2D eigenvalue weighted by Gasteiger charge is -2.21. The molecular weight excluding hydrogens is 192 g/mol. The molecule has 0 bridgehead atoms. The van der Waals surface area contributed by atoms with E-state index in [1.165, 1.54) is 0 Å². The summed E-state index contributed by atoms with van der Waals surface area (Å²) < 4.78 is 5.34. The Labute approximate surface area is 93.6 Å². The fourth-order valence-electron chi connectivity index (χ4n) is 1.33. The van der Waals surface area contributed by atoms with Crippen LogP contribution < -0.4 is 5.32 Å². The van der Waals surface area contributed by atoms with Gasteiger partial charge >= 0.3 is 0 Å². The van der Waals surface area contributed by atoms with E-state index in [1.807, 2.05) is 27.9 Å². The van der Waals surface area contributed by atoms with E-state index in [2.05, 4.69) is 10.2 Å². The summed E-state index contributed by atoms with van der Waals surface area (Å²) in [4.78, 5) is 2.13. The van der Waals surface area contributed by atoms with Crippen LogP contribution in [0.25, 0.3) is 0 Å². The van der Waals surface area contributed by atoms with Crippen LogP contribution in [0.15, 0.2) is 0 Å². The van der Waals surface area contributed by atoms with E-state index in [9.17, 15) is 5.11 Å². The molecule has 2 N–H and O–H groups in total. The zero-order chi connectivity index (χ0) is 11.7. The van der Waals surface area contributed by atoms with Crippen LogP contribution in [0, 0.1) is 0 Å². The minimum Gasteiger partial charge on any atom is -0.389 e. The van der Waals surface area contributed by atoms with Gasteiger partial charge in [-0.2, -0.15) is 0 Å². The predicted octanol–water partition coefficient (Wildman–Crippen LogP) is 0.314. The number of hydrogen-bond donors (Lipinski definition) is 2. The summed E-state index contributed by atoms with van der Waals surface area (Å²) in [6.45, 7) is 7.07. The zero-order valence-electron chi connectivity index (χ0n) is 10.5. The first-order valence-corrected chi connectivity index (χ1v) is 5.69. The normalized spacial score (nSPS) is 13.8. The van der Waals surface area contributed by atoms with Crippen molar-refractivity contribution < 1.29 is 9.84 Å². The van der Waals surface area contributed by atoms with Gasteiger partial charge in [-0.25, -0.2) is 0 Å².